The molecule has 0 aliphatic carbocycles. The van der Waals surface area contributed by atoms with E-state index in [-0.39, 0.29) is 5.91 Å². The summed E-state index contributed by atoms with van der Waals surface area (Å²) in [5.74, 6) is 0.831. The molecule has 0 aliphatic heterocycles. The lowest BCUT2D eigenvalue weighted by atomic mass is 10.2. The molecule has 1 heterocycles. The number of amides is 1. The lowest BCUT2D eigenvalue weighted by Crippen LogP contribution is -2.13. The number of benzene rings is 1. The van der Waals surface area contributed by atoms with E-state index in [1.807, 2.05) is 19.1 Å². The highest BCUT2D eigenvalue weighted by atomic mass is 35.5. The summed E-state index contributed by atoms with van der Waals surface area (Å²) in [6, 6.07) is 7.13. The summed E-state index contributed by atoms with van der Waals surface area (Å²) in [5, 5.41) is 6.03. The van der Waals surface area contributed by atoms with Gasteiger partial charge in [0.2, 0.25) is 0 Å². The van der Waals surface area contributed by atoms with Crippen LogP contribution in [0.5, 0.6) is 5.75 Å². The van der Waals surface area contributed by atoms with Gasteiger partial charge in [-0.3, -0.25) is 4.79 Å². The van der Waals surface area contributed by atoms with Gasteiger partial charge in [-0.25, -0.2) is 4.98 Å². The zero-order valence-corrected chi connectivity index (χ0v) is 12.8. The molecule has 0 fully saturated rings. The molecule has 0 atom stereocenters. The lowest BCUT2D eigenvalue weighted by molar-refractivity contribution is 0.102. The van der Waals surface area contributed by atoms with Crippen LogP contribution in [0.4, 0.5) is 11.5 Å². The molecule has 5 nitrogen and oxygen atoms in total. The molecule has 0 radical (unpaired) electrons. The molecule has 2 rings (SSSR count). The molecule has 1 aromatic heterocycles. The highest BCUT2D eigenvalue weighted by Gasteiger charge is 2.12. The second-order valence-electron chi connectivity index (χ2n) is 4.46. The summed E-state index contributed by atoms with van der Waals surface area (Å²) < 4.78 is 5.23. The Kier molecular flexibility index (Phi) is 4.65. The Bertz CT molecular complexity index is 674. The number of methoxy groups -OCH3 is 1. The van der Waals surface area contributed by atoms with Crippen LogP contribution in [-0.4, -0.2) is 25.0 Å². The molecule has 110 valence electrons. The van der Waals surface area contributed by atoms with Crippen molar-refractivity contribution in [2.45, 2.75) is 6.92 Å². The second kappa shape index (κ2) is 6.45. The van der Waals surface area contributed by atoms with Crippen LogP contribution >= 0.6 is 11.6 Å². The minimum absolute atomic E-state index is 0.295. The summed E-state index contributed by atoms with van der Waals surface area (Å²) in [6.07, 6.45) is 1.47. The second-order valence-corrected chi connectivity index (χ2v) is 4.87. The number of ether oxygens (including phenoxy) is 1. The largest absolute Gasteiger partial charge is 0.495 e. The summed E-state index contributed by atoms with van der Waals surface area (Å²) >= 11 is 6.03. The molecule has 1 aromatic carbocycles. The third-order valence-corrected chi connectivity index (χ3v) is 3.23. The van der Waals surface area contributed by atoms with Gasteiger partial charge in [0, 0.05) is 13.2 Å². The van der Waals surface area contributed by atoms with Gasteiger partial charge in [0.15, 0.2) is 0 Å². The number of halogens is 1. The number of rotatable bonds is 4. The first-order valence-corrected chi connectivity index (χ1v) is 6.72. The molecule has 2 N–H and O–H groups in total. The van der Waals surface area contributed by atoms with Gasteiger partial charge in [-0.15, -0.1) is 0 Å². The monoisotopic (exact) mass is 305 g/mol. The van der Waals surface area contributed by atoms with E-state index in [1.54, 1.807) is 26.3 Å². The number of aryl methyl sites for hydroxylation is 1. The van der Waals surface area contributed by atoms with Crippen molar-refractivity contribution in [2.75, 3.05) is 24.8 Å². The van der Waals surface area contributed by atoms with Crippen molar-refractivity contribution < 1.29 is 9.53 Å². The van der Waals surface area contributed by atoms with E-state index in [0.29, 0.717) is 27.8 Å². The summed E-state index contributed by atoms with van der Waals surface area (Å²) in [5.41, 5.74) is 2.01. The van der Waals surface area contributed by atoms with Crippen LogP contribution < -0.4 is 15.4 Å². The van der Waals surface area contributed by atoms with Gasteiger partial charge in [-0.1, -0.05) is 17.7 Å². The van der Waals surface area contributed by atoms with E-state index >= 15 is 0 Å². The highest BCUT2D eigenvalue weighted by Crippen LogP contribution is 2.26. The van der Waals surface area contributed by atoms with Crippen LogP contribution in [0.3, 0.4) is 0 Å². The number of hydrogen-bond donors (Lipinski definition) is 2. The quantitative estimate of drug-likeness (QED) is 0.909. The number of hydrogen-bond acceptors (Lipinski definition) is 4. The molecule has 0 bridgehead atoms. The zero-order valence-electron chi connectivity index (χ0n) is 12.0. The molecule has 0 unspecified atom stereocenters. The zero-order chi connectivity index (χ0) is 15.4. The van der Waals surface area contributed by atoms with E-state index in [2.05, 4.69) is 15.6 Å². The highest BCUT2D eigenvalue weighted by molar-refractivity contribution is 6.33. The number of nitrogens with one attached hydrogen (secondary N) is 2. The molecular formula is C15H16ClN3O2. The minimum atomic E-state index is -0.295. The fourth-order valence-corrected chi connectivity index (χ4v) is 2.12. The van der Waals surface area contributed by atoms with Crippen LogP contribution in [0.15, 0.2) is 30.5 Å². The number of carbonyl (C=O) groups is 1. The van der Waals surface area contributed by atoms with Crippen molar-refractivity contribution in [1.82, 2.24) is 4.98 Å². The number of carbonyl (C=O) groups excluding carboxylic acids is 1. The standard InChI is InChI=1S/C15H16ClN3O2/c1-9-4-5-13(21-3)12(6-9)19-15(20)10-7-11(16)14(17-2)18-8-10/h4-8H,1-3H3,(H,17,18)(H,19,20). The van der Waals surface area contributed by atoms with Gasteiger partial charge < -0.3 is 15.4 Å². The van der Waals surface area contributed by atoms with Gasteiger partial charge in [0.25, 0.3) is 5.91 Å². The minimum Gasteiger partial charge on any atom is -0.495 e. The number of nitrogens with zero attached hydrogens (tertiary/aromatic N) is 1. The Morgan fingerprint density at radius 1 is 1.33 bits per heavy atom. The molecule has 0 aliphatic rings. The van der Waals surface area contributed by atoms with Crippen molar-refractivity contribution in [1.29, 1.82) is 0 Å². The third kappa shape index (κ3) is 3.44. The van der Waals surface area contributed by atoms with Crippen molar-refractivity contribution in [3.8, 4) is 5.75 Å². The van der Waals surface area contributed by atoms with Crippen molar-refractivity contribution in [3.63, 3.8) is 0 Å². The van der Waals surface area contributed by atoms with Crippen molar-refractivity contribution >= 4 is 29.0 Å². The fourth-order valence-electron chi connectivity index (χ4n) is 1.86. The van der Waals surface area contributed by atoms with E-state index in [4.69, 9.17) is 16.3 Å². The summed E-state index contributed by atoms with van der Waals surface area (Å²) in [4.78, 5) is 16.3. The van der Waals surface area contributed by atoms with Gasteiger partial charge >= 0.3 is 0 Å². The number of anilines is 2. The first kappa shape index (κ1) is 15.1. The Morgan fingerprint density at radius 2 is 2.10 bits per heavy atom. The lowest BCUT2D eigenvalue weighted by Gasteiger charge is -2.11. The fraction of sp³-hybridized carbons (Fsp3) is 0.200. The first-order valence-electron chi connectivity index (χ1n) is 6.34. The first-order chi connectivity index (χ1) is 10.0. The van der Waals surface area contributed by atoms with Crippen molar-refractivity contribution in [2.24, 2.45) is 0 Å². The molecule has 1 amide bonds. The Labute approximate surface area is 128 Å². The topological polar surface area (TPSA) is 63.2 Å². The van der Waals surface area contributed by atoms with Crippen LogP contribution in [0.2, 0.25) is 5.02 Å². The van der Waals surface area contributed by atoms with Gasteiger partial charge in [-0.05, 0) is 30.7 Å². The van der Waals surface area contributed by atoms with Crippen LogP contribution in [0.25, 0.3) is 0 Å². The maximum absolute atomic E-state index is 12.3. The molecule has 0 saturated heterocycles. The Morgan fingerprint density at radius 3 is 2.71 bits per heavy atom. The number of pyridine rings is 1. The summed E-state index contributed by atoms with van der Waals surface area (Å²) in [6.45, 7) is 1.94. The van der Waals surface area contributed by atoms with Crippen LogP contribution in [0, 0.1) is 6.92 Å². The van der Waals surface area contributed by atoms with E-state index in [1.165, 1.54) is 6.20 Å². The SMILES string of the molecule is CNc1ncc(C(=O)Nc2cc(C)ccc2OC)cc1Cl. The maximum atomic E-state index is 12.3. The normalized spacial score (nSPS) is 10.1. The van der Waals surface area contributed by atoms with Crippen LogP contribution in [0.1, 0.15) is 15.9 Å². The summed E-state index contributed by atoms with van der Waals surface area (Å²) in [7, 11) is 3.27. The third-order valence-electron chi connectivity index (χ3n) is 2.94. The van der Waals surface area contributed by atoms with E-state index < -0.39 is 0 Å². The van der Waals surface area contributed by atoms with Gasteiger partial charge in [0.1, 0.15) is 11.6 Å². The van der Waals surface area contributed by atoms with E-state index in [0.717, 1.165) is 5.56 Å². The molecule has 6 heteroatoms. The maximum Gasteiger partial charge on any atom is 0.257 e. The Balaban J connectivity index is 2.26. The van der Waals surface area contributed by atoms with Crippen LogP contribution in [-0.2, 0) is 0 Å². The predicted octanol–water partition coefficient (Wildman–Crippen LogP) is 3.35. The number of aromatic nitrogens is 1. The molecule has 2 aromatic rings. The van der Waals surface area contributed by atoms with E-state index in [9.17, 15) is 4.79 Å². The molecular weight excluding hydrogens is 290 g/mol. The average molecular weight is 306 g/mol. The smallest absolute Gasteiger partial charge is 0.257 e. The van der Waals surface area contributed by atoms with Gasteiger partial charge in [-0.2, -0.15) is 0 Å². The Hall–Kier alpha value is -2.27. The molecule has 0 saturated carbocycles. The molecule has 21 heavy (non-hydrogen) atoms. The van der Waals surface area contributed by atoms with Crippen molar-refractivity contribution in [3.05, 3.63) is 46.6 Å². The molecule has 0 spiro atoms. The predicted molar refractivity (Wildman–Crippen MR) is 84.5 cm³/mol. The van der Waals surface area contributed by atoms with Gasteiger partial charge in [0.05, 0.1) is 23.4 Å². The average Bonchev–Trinajstić information content (AvgIpc) is 2.47.